The SMILES string of the molecule is O=C(c1ccc(F)c(Cl)c1)N1CCC2(CC1)NC(=O)N(Cc1ccccc1)C2=O. The first-order valence-electron chi connectivity index (χ1n) is 9.32. The van der Waals surface area contributed by atoms with Gasteiger partial charge in [-0.25, -0.2) is 9.18 Å². The van der Waals surface area contributed by atoms with E-state index in [9.17, 15) is 18.8 Å². The van der Waals surface area contributed by atoms with Gasteiger partial charge in [0.25, 0.3) is 11.8 Å². The van der Waals surface area contributed by atoms with E-state index in [1.54, 1.807) is 4.90 Å². The lowest BCUT2D eigenvalue weighted by Gasteiger charge is -2.37. The molecule has 0 unspecified atom stereocenters. The Morgan fingerprint density at radius 3 is 2.45 bits per heavy atom. The average molecular weight is 416 g/mol. The quantitative estimate of drug-likeness (QED) is 0.782. The number of halogens is 2. The third kappa shape index (κ3) is 3.58. The predicted octanol–water partition coefficient (Wildman–Crippen LogP) is 3.21. The number of rotatable bonds is 3. The molecule has 1 spiro atoms. The van der Waals surface area contributed by atoms with E-state index in [2.05, 4.69) is 5.32 Å². The minimum atomic E-state index is -0.983. The molecule has 29 heavy (non-hydrogen) atoms. The van der Waals surface area contributed by atoms with Gasteiger partial charge in [0, 0.05) is 18.7 Å². The van der Waals surface area contributed by atoms with Crippen molar-refractivity contribution in [1.82, 2.24) is 15.1 Å². The molecule has 1 N–H and O–H groups in total. The average Bonchev–Trinajstić information content (AvgIpc) is 2.95. The second-order valence-electron chi connectivity index (χ2n) is 7.31. The zero-order valence-electron chi connectivity index (χ0n) is 15.5. The van der Waals surface area contributed by atoms with Crippen molar-refractivity contribution in [3.63, 3.8) is 0 Å². The van der Waals surface area contributed by atoms with Crippen LogP contribution in [-0.4, -0.2) is 46.3 Å². The Labute approximate surface area is 172 Å². The first kappa shape index (κ1) is 19.4. The van der Waals surface area contributed by atoms with Crippen LogP contribution >= 0.6 is 11.6 Å². The van der Waals surface area contributed by atoms with Gasteiger partial charge in [-0.3, -0.25) is 14.5 Å². The van der Waals surface area contributed by atoms with Crippen LogP contribution in [0.2, 0.25) is 5.02 Å². The first-order valence-corrected chi connectivity index (χ1v) is 9.70. The molecule has 0 atom stereocenters. The van der Waals surface area contributed by atoms with Crippen molar-refractivity contribution in [1.29, 1.82) is 0 Å². The molecule has 2 fully saturated rings. The van der Waals surface area contributed by atoms with Crippen molar-refractivity contribution >= 4 is 29.4 Å². The lowest BCUT2D eigenvalue weighted by Crippen LogP contribution is -2.55. The minimum absolute atomic E-state index is 0.112. The van der Waals surface area contributed by atoms with Gasteiger partial charge in [0.15, 0.2) is 0 Å². The van der Waals surface area contributed by atoms with Crippen molar-refractivity contribution < 1.29 is 18.8 Å². The minimum Gasteiger partial charge on any atom is -0.338 e. The van der Waals surface area contributed by atoms with Crippen molar-refractivity contribution in [2.75, 3.05) is 13.1 Å². The highest BCUT2D eigenvalue weighted by Crippen LogP contribution is 2.31. The third-order valence-electron chi connectivity index (χ3n) is 5.50. The van der Waals surface area contributed by atoms with Crippen LogP contribution in [0.4, 0.5) is 9.18 Å². The fourth-order valence-electron chi connectivity index (χ4n) is 3.83. The molecule has 0 saturated carbocycles. The molecule has 0 aromatic heterocycles. The molecule has 8 heteroatoms. The molecular formula is C21H19ClFN3O3. The monoisotopic (exact) mass is 415 g/mol. The Balaban J connectivity index is 1.44. The van der Waals surface area contributed by atoms with Gasteiger partial charge >= 0.3 is 6.03 Å². The number of likely N-dealkylation sites (tertiary alicyclic amines) is 1. The molecule has 0 radical (unpaired) electrons. The third-order valence-corrected chi connectivity index (χ3v) is 5.79. The summed E-state index contributed by atoms with van der Waals surface area (Å²) in [5.74, 6) is -1.12. The van der Waals surface area contributed by atoms with E-state index in [0.717, 1.165) is 11.6 Å². The van der Waals surface area contributed by atoms with Crippen LogP contribution in [0.15, 0.2) is 48.5 Å². The van der Waals surface area contributed by atoms with E-state index < -0.39 is 17.4 Å². The van der Waals surface area contributed by atoms with E-state index in [-0.39, 0.29) is 23.4 Å². The van der Waals surface area contributed by atoms with Gasteiger partial charge in [-0.05, 0) is 36.6 Å². The molecule has 2 heterocycles. The number of nitrogens with zero attached hydrogens (tertiary/aromatic N) is 2. The van der Waals surface area contributed by atoms with Crippen LogP contribution in [0.25, 0.3) is 0 Å². The number of hydrogen-bond acceptors (Lipinski definition) is 3. The van der Waals surface area contributed by atoms with E-state index in [1.807, 2.05) is 30.3 Å². The summed E-state index contributed by atoms with van der Waals surface area (Å²) in [5.41, 5.74) is 0.178. The summed E-state index contributed by atoms with van der Waals surface area (Å²) in [6.45, 7) is 0.821. The van der Waals surface area contributed by atoms with E-state index >= 15 is 0 Å². The van der Waals surface area contributed by atoms with Crippen molar-refractivity contribution in [2.45, 2.75) is 24.9 Å². The highest BCUT2D eigenvalue weighted by molar-refractivity contribution is 6.31. The van der Waals surface area contributed by atoms with Crippen molar-refractivity contribution in [3.05, 3.63) is 70.5 Å². The molecule has 6 nitrogen and oxygen atoms in total. The highest BCUT2D eigenvalue weighted by Gasteiger charge is 2.52. The summed E-state index contributed by atoms with van der Waals surface area (Å²) in [7, 11) is 0. The predicted molar refractivity (Wildman–Crippen MR) is 105 cm³/mol. The van der Waals surface area contributed by atoms with Gasteiger partial charge in [0.05, 0.1) is 11.6 Å². The summed E-state index contributed by atoms with van der Waals surface area (Å²) in [4.78, 5) is 40.9. The van der Waals surface area contributed by atoms with Crippen molar-refractivity contribution in [3.8, 4) is 0 Å². The number of urea groups is 1. The van der Waals surface area contributed by atoms with Gasteiger partial charge in [0.2, 0.25) is 0 Å². The Morgan fingerprint density at radius 2 is 1.79 bits per heavy atom. The number of carbonyl (C=O) groups is 3. The Kier molecular flexibility index (Phi) is 5.00. The fraction of sp³-hybridized carbons (Fsp3) is 0.286. The molecule has 2 aliphatic heterocycles. The number of benzene rings is 2. The zero-order valence-corrected chi connectivity index (χ0v) is 16.3. The van der Waals surface area contributed by atoms with Crippen LogP contribution in [0.1, 0.15) is 28.8 Å². The van der Waals surface area contributed by atoms with Crippen LogP contribution in [0.5, 0.6) is 0 Å². The second kappa shape index (κ2) is 7.48. The van der Waals surface area contributed by atoms with Gasteiger partial charge in [-0.15, -0.1) is 0 Å². The number of hydrogen-bond donors (Lipinski definition) is 1. The van der Waals surface area contributed by atoms with Crippen molar-refractivity contribution in [2.24, 2.45) is 0 Å². The highest BCUT2D eigenvalue weighted by atomic mass is 35.5. The molecule has 2 aliphatic rings. The molecular weight excluding hydrogens is 397 g/mol. The summed E-state index contributed by atoms with van der Waals surface area (Å²) in [6, 6.07) is 12.7. The molecule has 0 bridgehead atoms. The normalized spacial score (nSPS) is 18.3. The van der Waals surface area contributed by atoms with Crippen LogP contribution in [-0.2, 0) is 11.3 Å². The summed E-state index contributed by atoms with van der Waals surface area (Å²) >= 11 is 5.77. The zero-order chi connectivity index (χ0) is 20.6. The number of imide groups is 1. The van der Waals surface area contributed by atoms with Crippen LogP contribution in [0, 0.1) is 5.82 Å². The van der Waals surface area contributed by atoms with Gasteiger partial charge in [0.1, 0.15) is 11.4 Å². The number of carbonyl (C=O) groups excluding carboxylic acids is 3. The Hall–Kier alpha value is -2.93. The van der Waals surface area contributed by atoms with Gasteiger partial charge in [-0.2, -0.15) is 0 Å². The smallest absolute Gasteiger partial charge is 0.325 e. The topological polar surface area (TPSA) is 69.7 Å². The number of nitrogens with one attached hydrogen (secondary N) is 1. The summed E-state index contributed by atoms with van der Waals surface area (Å²) in [6.07, 6.45) is 0.646. The van der Waals surface area contributed by atoms with Crippen LogP contribution in [0.3, 0.4) is 0 Å². The van der Waals surface area contributed by atoms with Gasteiger partial charge < -0.3 is 10.2 Å². The molecule has 2 aromatic rings. The lowest BCUT2D eigenvalue weighted by molar-refractivity contribution is -0.133. The number of amides is 4. The summed E-state index contributed by atoms with van der Waals surface area (Å²) < 4.78 is 13.3. The largest absolute Gasteiger partial charge is 0.338 e. The molecule has 0 aliphatic carbocycles. The molecule has 4 amide bonds. The fourth-order valence-corrected chi connectivity index (χ4v) is 4.01. The molecule has 4 rings (SSSR count). The van der Waals surface area contributed by atoms with Gasteiger partial charge in [-0.1, -0.05) is 41.9 Å². The molecule has 150 valence electrons. The van der Waals surface area contributed by atoms with E-state index in [4.69, 9.17) is 11.6 Å². The first-order chi connectivity index (χ1) is 13.9. The second-order valence-corrected chi connectivity index (χ2v) is 7.72. The molecule has 2 saturated heterocycles. The Morgan fingerprint density at radius 1 is 1.10 bits per heavy atom. The summed E-state index contributed by atoms with van der Waals surface area (Å²) in [5, 5.41) is 2.72. The van der Waals surface area contributed by atoms with Crippen LogP contribution < -0.4 is 5.32 Å². The van der Waals surface area contributed by atoms with E-state index in [1.165, 1.54) is 17.0 Å². The molecule has 2 aromatic carbocycles. The maximum absolute atomic E-state index is 13.3. The maximum atomic E-state index is 13.3. The Bertz CT molecular complexity index is 974. The lowest BCUT2D eigenvalue weighted by atomic mass is 9.87. The van der Waals surface area contributed by atoms with E-state index in [0.29, 0.717) is 31.5 Å². The standard InChI is InChI=1S/C21H19ClFN3O3/c22-16-12-15(6-7-17(16)23)18(27)25-10-8-21(9-11-25)19(28)26(20(29)24-21)13-14-4-2-1-3-5-14/h1-7,12H,8-11,13H2,(H,24,29). The number of piperidine rings is 1. The maximum Gasteiger partial charge on any atom is 0.325 e.